The van der Waals surface area contributed by atoms with E-state index in [4.69, 9.17) is 32.7 Å². The van der Waals surface area contributed by atoms with Crippen molar-refractivity contribution in [3.8, 4) is 22.6 Å². The first-order valence-electron chi connectivity index (χ1n) is 16.2. The highest BCUT2D eigenvalue weighted by molar-refractivity contribution is 6.37. The van der Waals surface area contributed by atoms with Crippen LogP contribution in [0.1, 0.15) is 61.1 Å². The number of carbonyl (C=O) groups is 2. The van der Waals surface area contributed by atoms with E-state index in [1.165, 1.54) is 39.8 Å². The van der Waals surface area contributed by atoms with E-state index >= 15 is 0 Å². The first-order valence-corrected chi connectivity index (χ1v) is 16.9. The van der Waals surface area contributed by atoms with E-state index in [1.54, 1.807) is 36.4 Å². The lowest BCUT2D eigenvalue weighted by Crippen LogP contribution is -2.46. The van der Waals surface area contributed by atoms with Crippen molar-refractivity contribution in [3.63, 3.8) is 0 Å². The summed E-state index contributed by atoms with van der Waals surface area (Å²) in [7, 11) is 0. The fraction of sp³-hybridized carbons (Fsp3) is 0.316. The number of rotatable bonds is 15. The van der Waals surface area contributed by atoms with Gasteiger partial charge in [0.05, 0.1) is 21.2 Å². The Morgan fingerprint density at radius 1 is 0.611 bits per heavy atom. The number of ether oxygens (including phenoxy) is 2. The second-order valence-electron chi connectivity index (χ2n) is 13.4. The molecule has 4 N–H and O–H groups in total. The van der Waals surface area contributed by atoms with Crippen molar-refractivity contribution >= 4 is 35.1 Å². The molecule has 0 aromatic heterocycles. The molecule has 0 aliphatic heterocycles. The summed E-state index contributed by atoms with van der Waals surface area (Å²) in [5.74, 6) is -3.30. The average Bonchev–Trinajstić information content (AvgIpc) is 3.08. The van der Waals surface area contributed by atoms with Crippen LogP contribution in [0.5, 0.6) is 11.5 Å². The summed E-state index contributed by atoms with van der Waals surface area (Å²) in [6.07, 6.45) is -9.59. The van der Waals surface area contributed by atoms with Crippen LogP contribution in [0, 0.1) is 0 Å². The lowest BCUT2D eigenvalue weighted by atomic mass is 10.0. The number of nitrogens with one attached hydrogen (secondary N) is 2. The molecule has 0 atom stereocenters. The number of carboxylic acid groups (broad SMARTS) is 2. The molecule has 54 heavy (non-hydrogen) atoms. The third-order valence-corrected chi connectivity index (χ3v) is 9.34. The van der Waals surface area contributed by atoms with Crippen LogP contribution in [0.2, 0.25) is 10.0 Å². The molecule has 0 saturated heterocycles. The Bertz CT molecular complexity index is 1870. The maximum Gasteiger partial charge on any atom is 0.419 e. The van der Waals surface area contributed by atoms with Crippen molar-refractivity contribution < 1.29 is 55.6 Å². The van der Waals surface area contributed by atoms with E-state index in [2.05, 4.69) is 10.6 Å². The van der Waals surface area contributed by atoms with Crippen LogP contribution >= 0.6 is 23.2 Å². The Morgan fingerprint density at radius 2 is 0.963 bits per heavy atom. The van der Waals surface area contributed by atoms with Crippen LogP contribution in [0.3, 0.4) is 0 Å². The van der Waals surface area contributed by atoms with Crippen LogP contribution in [0.15, 0.2) is 72.8 Å². The molecule has 0 heterocycles. The Kier molecular flexibility index (Phi) is 12.9. The summed E-state index contributed by atoms with van der Waals surface area (Å²) < 4.78 is 95.5. The minimum atomic E-state index is -4.80. The van der Waals surface area contributed by atoms with Crippen LogP contribution < -0.4 is 20.1 Å². The van der Waals surface area contributed by atoms with Crippen molar-refractivity contribution in [3.05, 3.63) is 116 Å². The van der Waals surface area contributed by atoms with E-state index < -0.39 is 58.0 Å². The topological polar surface area (TPSA) is 117 Å². The molecule has 0 bridgehead atoms. The molecule has 8 nitrogen and oxygen atoms in total. The van der Waals surface area contributed by atoms with Gasteiger partial charge in [-0.05, 0) is 63.1 Å². The molecular formula is C38H36Cl2F6N2O6. The molecule has 0 radical (unpaired) electrons. The zero-order valence-corrected chi connectivity index (χ0v) is 30.8. The van der Waals surface area contributed by atoms with E-state index in [-0.39, 0.29) is 47.5 Å². The minimum absolute atomic E-state index is 0.109. The van der Waals surface area contributed by atoms with Crippen LogP contribution in [-0.2, 0) is 48.2 Å². The quantitative estimate of drug-likeness (QED) is 0.0879. The fourth-order valence-corrected chi connectivity index (χ4v) is 5.54. The predicted octanol–water partition coefficient (Wildman–Crippen LogP) is 9.76. The Morgan fingerprint density at radius 3 is 1.28 bits per heavy atom. The SMILES string of the molecule is CC(C)(NCc1ccc(OCc2cccc(-c3cccc(COc4ccc(CNC(C)(C)C(=O)O)cc4C(F)(F)F)c3Cl)c2Cl)c(C(F)(F)F)c1)C(=O)O. The molecule has 4 rings (SSSR count). The molecule has 4 aromatic carbocycles. The molecule has 0 aliphatic rings. The van der Waals surface area contributed by atoms with Gasteiger partial charge in [-0.2, -0.15) is 26.3 Å². The van der Waals surface area contributed by atoms with Gasteiger partial charge in [0.2, 0.25) is 0 Å². The van der Waals surface area contributed by atoms with Gasteiger partial charge in [-0.1, -0.05) is 71.7 Å². The highest BCUT2D eigenvalue weighted by Gasteiger charge is 2.36. The van der Waals surface area contributed by atoms with Crippen LogP contribution in [0.4, 0.5) is 26.3 Å². The number of aliphatic carboxylic acids is 2. The lowest BCUT2D eigenvalue weighted by Gasteiger charge is -2.22. The highest BCUT2D eigenvalue weighted by Crippen LogP contribution is 2.41. The number of hydrogen-bond donors (Lipinski definition) is 4. The average molecular weight is 802 g/mol. The van der Waals surface area contributed by atoms with E-state index in [9.17, 15) is 46.1 Å². The summed E-state index contributed by atoms with van der Waals surface area (Å²) >= 11 is 13.4. The first-order chi connectivity index (χ1) is 25.0. The molecule has 0 saturated carbocycles. The number of alkyl halides is 6. The highest BCUT2D eigenvalue weighted by atomic mass is 35.5. The Hall–Kier alpha value is -4.50. The second kappa shape index (κ2) is 16.5. The van der Waals surface area contributed by atoms with Crippen molar-refractivity contribution in [2.24, 2.45) is 0 Å². The molecule has 290 valence electrons. The largest absolute Gasteiger partial charge is 0.488 e. The summed E-state index contributed by atoms with van der Waals surface area (Å²) in [6, 6.07) is 16.3. The van der Waals surface area contributed by atoms with E-state index in [0.29, 0.717) is 22.3 Å². The maximum atomic E-state index is 14.0. The van der Waals surface area contributed by atoms with Gasteiger partial charge in [0.25, 0.3) is 0 Å². The number of carboxylic acids is 2. The number of halogens is 8. The molecule has 4 aromatic rings. The summed E-state index contributed by atoms with van der Waals surface area (Å²) in [6.45, 7) is 4.48. The van der Waals surface area contributed by atoms with Crippen LogP contribution in [0.25, 0.3) is 11.1 Å². The zero-order valence-electron chi connectivity index (χ0n) is 29.3. The van der Waals surface area contributed by atoms with Gasteiger partial charge in [-0.15, -0.1) is 0 Å². The number of hydrogen-bond acceptors (Lipinski definition) is 6. The third kappa shape index (κ3) is 10.4. The van der Waals surface area contributed by atoms with Gasteiger partial charge < -0.3 is 19.7 Å². The summed E-state index contributed by atoms with van der Waals surface area (Å²) in [5.41, 5.74) is -3.16. The Balaban J connectivity index is 1.54. The van der Waals surface area contributed by atoms with E-state index in [1.807, 2.05) is 0 Å². The molecule has 0 spiro atoms. The first kappa shape index (κ1) is 42.2. The monoisotopic (exact) mass is 800 g/mol. The molecule has 0 aliphatic carbocycles. The lowest BCUT2D eigenvalue weighted by molar-refractivity contribution is -0.144. The molecule has 16 heteroatoms. The number of benzene rings is 4. The second-order valence-corrected chi connectivity index (χ2v) is 14.1. The van der Waals surface area contributed by atoms with Crippen LogP contribution in [-0.4, -0.2) is 33.2 Å². The van der Waals surface area contributed by atoms with Crippen molar-refractivity contribution in [1.82, 2.24) is 10.6 Å². The predicted molar refractivity (Wildman–Crippen MR) is 191 cm³/mol. The van der Waals surface area contributed by atoms with Gasteiger partial charge in [-0.3, -0.25) is 20.2 Å². The molecular weight excluding hydrogens is 765 g/mol. The molecule has 0 unspecified atom stereocenters. The normalized spacial score (nSPS) is 12.4. The summed E-state index contributed by atoms with van der Waals surface area (Å²) in [5, 5.41) is 24.2. The van der Waals surface area contributed by atoms with Gasteiger partial charge in [0, 0.05) is 35.3 Å². The van der Waals surface area contributed by atoms with Gasteiger partial charge in [0.15, 0.2) is 0 Å². The van der Waals surface area contributed by atoms with Gasteiger partial charge >= 0.3 is 24.3 Å². The third-order valence-electron chi connectivity index (χ3n) is 8.45. The van der Waals surface area contributed by atoms with Crippen molar-refractivity contribution in [2.75, 3.05) is 0 Å². The standard InChI is InChI=1S/C38H36Cl2F6N2O6/c1-35(2,33(49)50)47-17-21-11-13-29(27(15-21)37(41,42)43)53-19-23-7-5-9-25(31(23)39)26-10-6-8-24(32(26)40)20-54-30-14-12-22(16-28(30)38(44,45)46)18-48-36(3,4)34(51)52/h5-16,47-48H,17-20H2,1-4H3,(H,49,50)(H,51,52). The molecule has 0 amide bonds. The van der Waals surface area contributed by atoms with Crippen molar-refractivity contribution in [1.29, 1.82) is 0 Å². The fourth-order valence-electron chi connectivity index (χ4n) is 4.98. The van der Waals surface area contributed by atoms with Gasteiger partial charge in [-0.25, -0.2) is 0 Å². The van der Waals surface area contributed by atoms with Crippen molar-refractivity contribution in [2.45, 2.75) is 77.4 Å². The van der Waals surface area contributed by atoms with Gasteiger partial charge in [0.1, 0.15) is 35.8 Å². The maximum absolute atomic E-state index is 14.0. The van der Waals surface area contributed by atoms with E-state index in [0.717, 1.165) is 24.3 Å². The minimum Gasteiger partial charge on any atom is -0.488 e. The Labute approximate surface area is 317 Å². The zero-order chi connectivity index (χ0) is 40.2. The molecule has 0 fully saturated rings. The summed E-state index contributed by atoms with van der Waals surface area (Å²) in [4.78, 5) is 22.7. The smallest absolute Gasteiger partial charge is 0.419 e.